The van der Waals surface area contributed by atoms with Crippen molar-refractivity contribution in [1.82, 2.24) is 0 Å². The van der Waals surface area contributed by atoms with Crippen LogP contribution in [0.2, 0.25) is 0 Å². The summed E-state index contributed by atoms with van der Waals surface area (Å²) in [5, 5.41) is 0. The first-order chi connectivity index (χ1) is 14.9. The van der Waals surface area contributed by atoms with Crippen LogP contribution in [0.3, 0.4) is 0 Å². The first kappa shape index (κ1) is 24.5. The van der Waals surface area contributed by atoms with Crippen molar-refractivity contribution in [2.24, 2.45) is 0 Å². The lowest BCUT2D eigenvalue weighted by atomic mass is 9.78. The quantitative estimate of drug-likeness (QED) is 0.212. The molecule has 2 rings (SSSR count). The van der Waals surface area contributed by atoms with E-state index < -0.39 is 8.60 Å². The molecule has 0 saturated carbocycles. The minimum Gasteiger partial charge on any atom is -0.413 e. The van der Waals surface area contributed by atoms with Crippen molar-refractivity contribution in [2.75, 3.05) is 0 Å². The van der Waals surface area contributed by atoms with Gasteiger partial charge in [0.1, 0.15) is 17.3 Å². The van der Waals surface area contributed by atoms with E-state index in [1.54, 1.807) is 0 Å². The number of allylic oxidation sites excluding steroid dienone is 7. The monoisotopic (exact) mass is 436 g/mol. The fourth-order valence-corrected chi connectivity index (χ4v) is 3.95. The molecule has 4 heteroatoms. The van der Waals surface area contributed by atoms with Gasteiger partial charge in [-0.05, 0) is 69.2 Å². The zero-order valence-electron chi connectivity index (χ0n) is 19.3. The van der Waals surface area contributed by atoms with E-state index in [2.05, 4.69) is 50.2 Å². The van der Waals surface area contributed by atoms with Crippen LogP contribution in [0.15, 0.2) is 103 Å². The maximum absolute atomic E-state index is 6.10. The first-order valence-electron chi connectivity index (χ1n) is 10.5. The van der Waals surface area contributed by atoms with E-state index >= 15 is 0 Å². The molecule has 0 radical (unpaired) electrons. The third-order valence-corrected chi connectivity index (χ3v) is 5.95. The zero-order valence-corrected chi connectivity index (χ0v) is 20.2. The molecule has 3 nitrogen and oxygen atoms in total. The Bertz CT molecular complexity index is 923. The van der Waals surface area contributed by atoms with Gasteiger partial charge in [0, 0.05) is 5.41 Å². The molecule has 2 aromatic carbocycles. The Morgan fingerprint density at radius 3 is 2.06 bits per heavy atom. The van der Waals surface area contributed by atoms with Crippen molar-refractivity contribution in [3.05, 3.63) is 114 Å². The average molecular weight is 437 g/mol. The van der Waals surface area contributed by atoms with Crippen LogP contribution in [-0.4, -0.2) is 0 Å². The SMILES string of the molecule is C/C=C\C=C(/C)OP(OC(/C=C\C)=C/C)Oc1ccc(C(C)(C)c2ccccc2)cc1. The molecule has 1 atom stereocenters. The number of hydrogen-bond acceptors (Lipinski definition) is 3. The summed E-state index contributed by atoms with van der Waals surface area (Å²) in [5.74, 6) is 2.13. The van der Waals surface area contributed by atoms with Crippen LogP contribution in [0, 0.1) is 0 Å². The molecule has 2 aromatic rings. The Kier molecular flexibility index (Phi) is 9.62. The summed E-state index contributed by atoms with van der Waals surface area (Å²) in [6.07, 6.45) is 11.5. The zero-order chi connectivity index (χ0) is 22.7. The largest absolute Gasteiger partial charge is 0.529 e. The Morgan fingerprint density at radius 1 is 0.839 bits per heavy atom. The number of rotatable bonds is 10. The minimum absolute atomic E-state index is 0.104. The van der Waals surface area contributed by atoms with Crippen molar-refractivity contribution in [3.63, 3.8) is 0 Å². The van der Waals surface area contributed by atoms with Gasteiger partial charge in [0.2, 0.25) is 0 Å². The van der Waals surface area contributed by atoms with Gasteiger partial charge in [-0.2, -0.15) is 0 Å². The molecule has 0 saturated heterocycles. The normalized spacial score (nSPS) is 14.1. The lowest BCUT2D eigenvalue weighted by molar-refractivity contribution is 0.296. The fourth-order valence-electron chi connectivity index (χ4n) is 2.91. The minimum atomic E-state index is -1.65. The molecule has 0 fully saturated rings. The highest BCUT2D eigenvalue weighted by molar-refractivity contribution is 7.42. The number of hydrogen-bond donors (Lipinski definition) is 0. The summed E-state index contributed by atoms with van der Waals surface area (Å²) >= 11 is 0. The fraction of sp³-hybridized carbons (Fsp3) is 0.259. The second-order valence-corrected chi connectivity index (χ2v) is 8.50. The molecular formula is C27H33O3P. The van der Waals surface area contributed by atoms with E-state index in [9.17, 15) is 0 Å². The van der Waals surface area contributed by atoms with Gasteiger partial charge in [0.05, 0.1) is 0 Å². The van der Waals surface area contributed by atoms with Gasteiger partial charge in [-0.25, -0.2) is 0 Å². The molecule has 0 aromatic heterocycles. The molecule has 0 bridgehead atoms. The van der Waals surface area contributed by atoms with Gasteiger partial charge in [0.25, 0.3) is 0 Å². The van der Waals surface area contributed by atoms with Gasteiger partial charge in [-0.1, -0.05) is 74.5 Å². The average Bonchev–Trinajstić information content (AvgIpc) is 2.78. The summed E-state index contributed by atoms with van der Waals surface area (Å²) in [5.41, 5.74) is 2.38. The van der Waals surface area contributed by atoms with Gasteiger partial charge < -0.3 is 13.6 Å². The lowest BCUT2D eigenvalue weighted by Gasteiger charge is -2.26. The highest BCUT2D eigenvalue weighted by Crippen LogP contribution is 2.45. The van der Waals surface area contributed by atoms with Crippen LogP contribution in [0.5, 0.6) is 5.75 Å². The van der Waals surface area contributed by atoms with Crippen LogP contribution < -0.4 is 4.52 Å². The summed E-state index contributed by atoms with van der Waals surface area (Å²) in [4.78, 5) is 0. The van der Waals surface area contributed by atoms with Crippen molar-refractivity contribution >= 4 is 8.60 Å². The van der Waals surface area contributed by atoms with Gasteiger partial charge in [-0.3, -0.25) is 0 Å². The van der Waals surface area contributed by atoms with Gasteiger partial charge >= 0.3 is 8.60 Å². The van der Waals surface area contributed by atoms with Crippen LogP contribution in [0.1, 0.15) is 52.7 Å². The van der Waals surface area contributed by atoms with E-state index in [4.69, 9.17) is 13.6 Å². The molecule has 0 heterocycles. The predicted octanol–water partition coefficient (Wildman–Crippen LogP) is 8.61. The smallest absolute Gasteiger partial charge is 0.413 e. The van der Waals surface area contributed by atoms with Crippen LogP contribution >= 0.6 is 8.60 Å². The van der Waals surface area contributed by atoms with Crippen LogP contribution in [0.25, 0.3) is 0 Å². The molecule has 0 aliphatic carbocycles. The summed E-state index contributed by atoms with van der Waals surface area (Å²) in [7, 11) is -1.65. The molecule has 0 aliphatic rings. The maximum Gasteiger partial charge on any atom is 0.529 e. The van der Waals surface area contributed by atoms with E-state index in [0.29, 0.717) is 11.5 Å². The number of benzene rings is 2. The third kappa shape index (κ3) is 7.45. The van der Waals surface area contributed by atoms with E-state index in [1.807, 2.05) is 82.4 Å². The second kappa shape index (κ2) is 12.2. The van der Waals surface area contributed by atoms with E-state index in [-0.39, 0.29) is 5.41 Å². The van der Waals surface area contributed by atoms with Crippen LogP contribution in [-0.2, 0) is 14.5 Å². The van der Waals surface area contributed by atoms with E-state index in [0.717, 1.165) is 5.76 Å². The van der Waals surface area contributed by atoms with Gasteiger partial charge in [0.15, 0.2) is 0 Å². The Morgan fingerprint density at radius 2 is 1.48 bits per heavy atom. The Hall–Kier alpha value is -2.77. The molecule has 164 valence electrons. The van der Waals surface area contributed by atoms with Gasteiger partial charge in [-0.15, -0.1) is 0 Å². The highest BCUT2D eigenvalue weighted by atomic mass is 31.2. The standard InChI is InChI=1S/C27H33O3P/c1-7-10-15-22(4)28-31(29-25(9-3)14-8-2)30-26-20-18-24(19-21-26)27(5,6)23-16-12-11-13-17-23/h7-21H,1-6H3/b10-7-,14-8-,22-15+,25-9+. The summed E-state index contributed by atoms with van der Waals surface area (Å²) in [6, 6.07) is 18.6. The van der Waals surface area contributed by atoms with Crippen molar-refractivity contribution in [3.8, 4) is 5.75 Å². The van der Waals surface area contributed by atoms with Crippen LogP contribution in [0.4, 0.5) is 0 Å². The molecule has 0 spiro atoms. The molecule has 0 N–H and O–H groups in total. The molecule has 0 aliphatic heterocycles. The maximum atomic E-state index is 6.10. The summed E-state index contributed by atoms with van der Waals surface area (Å²) < 4.78 is 18.0. The van der Waals surface area contributed by atoms with Crippen molar-refractivity contribution < 1.29 is 13.6 Å². The lowest BCUT2D eigenvalue weighted by Crippen LogP contribution is -2.18. The Labute approximate surface area is 188 Å². The van der Waals surface area contributed by atoms with Crippen molar-refractivity contribution in [1.29, 1.82) is 0 Å². The summed E-state index contributed by atoms with van der Waals surface area (Å²) in [6.45, 7) is 12.2. The second-order valence-electron chi connectivity index (χ2n) is 7.51. The molecule has 31 heavy (non-hydrogen) atoms. The molecule has 0 amide bonds. The molecule has 1 unspecified atom stereocenters. The van der Waals surface area contributed by atoms with E-state index in [1.165, 1.54) is 11.1 Å². The first-order valence-corrected chi connectivity index (χ1v) is 11.6. The predicted molar refractivity (Wildman–Crippen MR) is 132 cm³/mol. The third-order valence-electron chi connectivity index (χ3n) is 4.79. The van der Waals surface area contributed by atoms with Crippen molar-refractivity contribution in [2.45, 2.75) is 47.0 Å². The highest BCUT2D eigenvalue weighted by Gasteiger charge is 2.24. The molecular weight excluding hydrogens is 403 g/mol. The topological polar surface area (TPSA) is 27.7 Å². The Balaban J connectivity index is 2.21.